The first-order valence-corrected chi connectivity index (χ1v) is 5.28. The first kappa shape index (κ1) is 9.76. The second-order valence-electron chi connectivity index (χ2n) is 4.08. The average Bonchev–Trinajstić information content (AvgIpc) is 2.35. The van der Waals surface area contributed by atoms with Gasteiger partial charge < -0.3 is 0 Å². The smallest absolute Gasteiger partial charge is 0.136 e. The van der Waals surface area contributed by atoms with Gasteiger partial charge in [-0.25, -0.2) is 0 Å². The fourth-order valence-electron chi connectivity index (χ4n) is 2.13. The van der Waals surface area contributed by atoms with Crippen molar-refractivity contribution in [2.45, 2.75) is 52.4 Å². The summed E-state index contributed by atoms with van der Waals surface area (Å²) >= 11 is 0. The molecule has 0 aromatic heterocycles. The molecule has 70 valence electrons. The molecule has 1 heteroatoms. The van der Waals surface area contributed by atoms with Gasteiger partial charge in [-0.05, 0) is 18.8 Å². The van der Waals surface area contributed by atoms with Gasteiger partial charge in [0, 0.05) is 12.3 Å². The first-order chi connectivity index (χ1) is 5.75. The summed E-state index contributed by atoms with van der Waals surface area (Å²) in [6.07, 6.45) is 6.92. The van der Waals surface area contributed by atoms with Gasteiger partial charge in [0.2, 0.25) is 0 Å². The topological polar surface area (TPSA) is 17.1 Å². The number of rotatable bonds is 4. The highest BCUT2D eigenvalue weighted by molar-refractivity contribution is 5.83. The van der Waals surface area contributed by atoms with E-state index in [0.29, 0.717) is 17.6 Å². The van der Waals surface area contributed by atoms with Crippen LogP contribution >= 0.6 is 0 Å². The van der Waals surface area contributed by atoms with Gasteiger partial charge in [-0.15, -0.1) is 0 Å². The summed E-state index contributed by atoms with van der Waals surface area (Å²) in [4.78, 5) is 11.4. The summed E-state index contributed by atoms with van der Waals surface area (Å²) in [5.74, 6) is 1.60. The Morgan fingerprint density at radius 3 is 2.67 bits per heavy atom. The predicted molar refractivity (Wildman–Crippen MR) is 51.0 cm³/mol. The molecule has 0 saturated heterocycles. The zero-order valence-electron chi connectivity index (χ0n) is 8.31. The number of ketones is 1. The third kappa shape index (κ3) is 2.33. The maximum atomic E-state index is 11.4. The van der Waals surface area contributed by atoms with Crippen molar-refractivity contribution in [2.24, 2.45) is 11.8 Å². The minimum absolute atomic E-state index is 0.413. The van der Waals surface area contributed by atoms with Crippen LogP contribution in [0.2, 0.25) is 0 Å². The first-order valence-electron chi connectivity index (χ1n) is 5.28. The zero-order chi connectivity index (χ0) is 8.97. The van der Waals surface area contributed by atoms with Crippen molar-refractivity contribution >= 4 is 5.78 Å². The molecule has 1 fully saturated rings. The van der Waals surface area contributed by atoms with E-state index in [1.807, 2.05) is 0 Å². The van der Waals surface area contributed by atoms with Gasteiger partial charge in [-0.3, -0.25) is 4.79 Å². The summed E-state index contributed by atoms with van der Waals surface area (Å²) in [5.41, 5.74) is 0. The molecular weight excluding hydrogens is 148 g/mol. The molecule has 12 heavy (non-hydrogen) atoms. The van der Waals surface area contributed by atoms with Gasteiger partial charge in [-0.2, -0.15) is 0 Å². The lowest BCUT2D eigenvalue weighted by Gasteiger charge is -2.12. The molecule has 0 amide bonds. The Balaban J connectivity index is 2.25. The van der Waals surface area contributed by atoms with Crippen LogP contribution in [0.3, 0.4) is 0 Å². The summed E-state index contributed by atoms with van der Waals surface area (Å²) in [5, 5.41) is 0. The second kappa shape index (κ2) is 4.64. The van der Waals surface area contributed by atoms with Crippen LogP contribution in [0.25, 0.3) is 0 Å². The highest BCUT2D eigenvalue weighted by Crippen LogP contribution is 2.31. The van der Waals surface area contributed by atoms with Gasteiger partial charge in [0.15, 0.2) is 0 Å². The molecule has 0 spiro atoms. The van der Waals surface area contributed by atoms with Crippen LogP contribution in [0.1, 0.15) is 52.4 Å². The molecule has 1 rings (SSSR count). The van der Waals surface area contributed by atoms with Crippen LogP contribution in [-0.4, -0.2) is 5.78 Å². The van der Waals surface area contributed by atoms with Crippen LogP contribution < -0.4 is 0 Å². The molecule has 0 aromatic carbocycles. The monoisotopic (exact) mass is 168 g/mol. The van der Waals surface area contributed by atoms with E-state index >= 15 is 0 Å². The van der Waals surface area contributed by atoms with Crippen molar-refractivity contribution < 1.29 is 4.79 Å². The maximum absolute atomic E-state index is 11.4. The number of hydrogen-bond acceptors (Lipinski definition) is 1. The van der Waals surface area contributed by atoms with Gasteiger partial charge in [0.05, 0.1) is 0 Å². The van der Waals surface area contributed by atoms with E-state index in [0.717, 1.165) is 19.3 Å². The molecule has 1 aliphatic carbocycles. The fraction of sp³-hybridized carbons (Fsp3) is 0.909. The normalized spacial score (nSPS) is 29.7. The Morgan fingerprint density at radius 1 is 1.42 bits per heavy atom. The van der Waals surface area contributed by atoms with E-state index in [-0.39, 0.29) is 0 Å². The van der Waals surface area contributed by atoms with Gasteiger partial charge in [0.25, 0.3) is 0 Å². The SMILES string of the molecule is CCCCCC1C(=O)CC[C@@H]1C. The third-order valence-corrected chi connectivity index (χ3v) is 3.07. The summed E-state index contributed by atoms with van der Waals surface area (Å²) in [6, 6.07) is 0. The lowest BCUT2D eigenvalue weighted by atomic mass is 9.92. The molecule has 0 heterocycles. The molecule has 1 unspecified atom stereocenters. The van der Waals surface area contributed by atoms with Crippen molar-refractivity contribution in [3.63, 3.8) is 0 Å². The van der Waals surface area contributed by atoms with Crippen molar-refractivity contribution in [1.29, 1.82) is 0 Å². The van der Waals surface area contributed by atoms with Crippen LogP contribution in [0.15, 0.2) is 0 Å². The molecule has 0 aliphatic heterocycles. The van der Waals surface area contributed by atoms with Gasteiger partial charge in [0.1, 0.15) is 5.78 Å². The molecular formula is C11H20O. The molecule has 0 bridgehead atoms. The van der Waals surface area contributed by atoms with Crippen molar-refractivity contribution in [3.8, 4) is 0 Å². The van der Waals surface area contributed by atoms with Crippen LogP contribution in [0, 0.1) is 11.8 Å². The standard InChI is InChI=1S/C11H20O/c1-3-4-5-6-10-9(2)7-8-11(10)12/h9-10H,3-8H2,1-2H3/t9-,10?/m0/s1. The second-order valence-corrected chi connectivity index (χ2v) is 4.08. The van der Waals surface area contributed by atoms with E-state index in [1.165, 1.54) is 19.3 Å². The average molecular weight is 168 g/mol. The number of hydrogen-bond donors (Lipinski definition) is 0. The van der Waals surface area contributed by atoms with Gasteiger partial charge in [-0.1, -0.05) is 33.1 Å². The fourth-order valence-corrected chi connectivity index (χ4v) is 2.13. The predicted octanol–water partition coefficient (Wildman–Crippen LogP) is 3.18. The molecule has 0 radical (unpaired) electrons. The summed E-state index contributed by atoms with van der Waals surface area (Å²) in [6.45, 7) is 4.43. The van der Waals surface area contributed by atoms with E-state index in [1.54, 1.807) is 0 Å². The van der Waals surface area contributed by atoms with E-state index in [9.17, 15) is 4.79 Å². The summed E-state index contributed by atoms with van der Waals surface area (Å²) in [7, 11) is 0. The summed E-state index contributed by atoms with van der Waals surface area (Å²) < 4.78 is 0. The van der Waals surface area contributed by atoms with Gasteiger partial charge >= 0.3 is 0 Å². The Kier molecular flexibility index (Phi) is 3.77. The molecule has 1 nitrogen and oxygen atoms in total. The van der Waals surface area contributed by atoms with Crippen molar-refractivity contribution in [1.82, 2.24) is 0 Å². The number of carbonyl (C=O) groups is 1. The molecule has 1 aliphatic rings. The lowest BCUT2D eigenvalue weighted by Crippen LogP contribution is -2.12. The zero-order valence-corrected chi connectivity index (χ0v) is 8.31. The third-order valence-electron chi connectivity index (χ3n) is 3.07. The quantitative estimate of drug-likeness (QED) is 0.589. The molecule has 1 saturated carbocycles. The number of Topliss-reactive ketones (excluding diaryl/α,β-unsaturated/α-hetero) is 1. The number of unbranched alkanes of at least 4 members (excludes halogenated alkanes) is 2. The minimum Gasteiger partial charge on any atom is -0.299 e. The molecule has 2 atom stereocenters. The largest absolute Gasteiger partial charge is 0.299 e. The Labute approximate surface area is 75.5 Å². The Morgan fingerprint density at radius 2 is 2.17 bits per heavy atom. The molecule has 0 N–H and O–H groups in total. The van der Waals surface area contributed by atoms with E-state index in [4.69, 9.17) is 0 Å². The van der Waals surface area contributed by atoms with Crippen molar-refractivity contribution in [2.75, 3.05) is 0 Å². The van der Waals surface area contributed by atoms with Crippen LogP contribution in [0.4, 0.5) is 0 Å². The van der Waals surface area contributed by atoms with Crippen molar-refractivity contribution in [3.05, 3.63) is 0 Å². The highest BCUT2D eigenvalue weighted by Gasteiger charge is 2.30. The maximum Gasteiger partial charge on any atom is 0.136 e. The minimum atomic E-state index is 0.413. The van der Waals surface area contributed by atoms with Crippen LogP contribution in [-0.2, 0) is 4.79 Å². The highest BCUT2D eigenvalue weighted by atomic mass is 16.1. The Bertz CT molecular complexity index is 151. The van der Waals surface area contributed by atoms with E-state index < -0.39 is 0 Å². The molecule has 0 aromatic rings. The lowest BCUT2D eigenvalue weighted by molar-refractivity contribution is -0.121. The number of carbonyl (C=O) groups excluding carboxylic acids is 1. The van der Waals surface area contributed by atoms with Crippen LogP contribution in [0.5, 0.6) is 0 Å². The van der Waals surface area contributed by atoms with E-state index in [2.05, 4.69) is 13.8 Å². The Hall–Kier alpha value is -0.330.